The summed E-state index contributed by atoms with van der Waals surface area (Å²) in [5.74, 6) is -0.185. The smallest absolute Gasteiger partial charge is 0.255 e. The third-order valence-corrected chi connectivity index (χ3v) is 4.12. The molecule has 0 bridgehead atoms. The van der Waals surface area contributed by atoms with Crippen LogP contribution in [0.5, 0.6) is 0 Å². The Labute approximate surface area is 149 Å². The predicted octanol–water partition coefficient (Wildman–Crippen LogP) is 4.82. The molecule has 0 fully saturated rings. The first-order valence-corrected chi connectivity index (χ1v) is 8.14. The molecule has 0 aliphatic carbocycles. The fourth-order valence-electron chi connectivity index (χ4n) is 2.84. The second-order valence-electron chi connectivity index (χ2n) is 5.80. The van der Waals surface area contributed by atoms with Crippen LogP contribution in [0.25, 0.3) is 21.9 Å². The molecule has 0 spiro atoms. The monoisotopic (exact) mass is 344 g/mol. The summed E-state index contributed by atoms with van der Waals surface area (Å²) in [5.41, 5.74) is 3.68. The van der Waals surface area contributed by atoms with Crippen molar-refractivity contribution < 1.29 is 14.0 Å². The van der Waals surface area contributed by atoms with E-state index in [2.05, 4.69) is 15.3 Å². The van der Waals surface area contributed by atoms with Gasteiger partial charge in [-0.05, 0) is 35.9 Å². The zero-order chi connectivity index (χ0) is 17.9. The van der Waals surface area contributed by atoms with Gasteiger partial charge in [0, 0.05) is 28.1 Å². The quantitative estimate of drug-likeness (QED) is 0.426. The Balaban J connectivity index is 1.57. The molecule has 0 unspecified atom stereocenters. The van der Waals surface area contributed by atoms with Crippen molar-refractivity contribution in [3.63, 3.8) is 0 Å². The minimum absolute atomic E-state index is 0.185. The van der Waals surface area contributed by atoms with Crippen molar-refractivity contribution >= 4 is 39.7 Å². The molecule has 0 saturated carbocycles. The van der Waals surface area contributed by atoms with Crippen LogP contribution in [0.1, 0.15) is 15.9 Å². The molecule has 0 atom stereocenters. The van der Waals surface area contributed by atoms with Crippen molar-refractivity contribution in [2.45, 2.75) is 0 Å². The Morgan fingerprint density at radius 2 is 1.77 bits per heavy atom. The summed E-state index contributed by atoms with van der Waals surface area (Å²) < 4.78 is 5.86. The van der Waals surface area contributed by atoms with Crippen molar-refractivity contribution in [2.75, 3.05) is 12.4 Å². The van der Waals surface area contributed by atoms with E-state index in [0.29, 0.717) is 11.3 Å². The van der Waals surface area contributed by atoms with Crippen LogP contribution in [0.2, 0.25) is 0 Å². The van der Waals surface area contributed by atoms with Gasteiger partial charge in [0.05, 0.1) is 6.21 Å². The molecule has 1 N–H and O–H groups in total. The molecule has 1 aromatic heterocycles. The van der Waals surface area contributed by atoms with Crippen LogP contribution in [0.3, 0.4) is 0 Å². The Morgan fingerprint density at radius 3 is 2.58 bits per heavy atom. The topological polar surface area (TPSA) is 63.8 Å². The molecule has 128 valence electrons. The largest absolute Gasteiger partial charge is 0.456 e. The molecule has 0 aliphatic rings. The number of fused-ring (bicyclic) bond motifs is 3. The lowest BCUT2D eigenvalue weighted by Crippen LogP contribution is -2.11. The number of rotatable bonds is 4. The van der Waals surface area contributed by atoms with Gasteiger partial charge in [0.25, 0.3) is 5.91 Å². The molecule has 0 radical (unpaired) electrons. The van der Waals surface area contributed by atoms with Crippen LogP contribution in [-0.4, -0.2) is 19.2 Å². The normalized spacial score (nSPS) is 11.3. The van der Waals surface area contributed by atoms with Gasteiger partial charge < -0.3 is 14.6 Å². The molecule has 26 heavy (non-hydrogen) atoms. The third-order valence-electron chi connectivity index (χ3n) is 4.12. The number of nitrogens with one attached hydrogen (secondary N) is 1. The van der Waals surface area contributed by atoms with E-state index in [1.807, 2.05) is 42.5 Å². The summed E-state index contributed by atoms with van der Waals surface area (Å²) in [6.07, 6.45) is 1.58. The first-order chi connectivity index (χ1) is 12.7. The third kappa shape index (κ3) is 3.02. The molecule has 0 saturated heterocycles. The highest BCUT2D eigenvalue weighted by molar-refractivity contribution is 6.08. The lowest BCUT2D eigenvalue weighted by molar-refractivity contribution is 0.102. The summed E-state index contributed by atoms with van der Waals surface area (Å²) in [7, 11) is 1.48. The zero-order valence-corrected chi connectivity index (χ0v) is 14.1. The number of oxime groups is 1. The Morgan fingerprint density at radius 1 is 1.00 bits per heavy atom. The number of furan rings is 1. The van der Waals surface area contributed by atoms with Crippen LogP contribution < -0.4 is 5.32 Å². The van der Waals surface area contributed by atoms with E-state index in [9.17, 15) is 4.79 Å². The number of carbonyl (C=O) groups is 1. The molecular formula is C21H16N2O3. The second kappa shape index (κ2) is 6.72. The summed E-state index contributed by atoms with van der Waals surface area (Å²) in [5, 5.41) is 8.69. The average molecular weight is 344 g/mol. The molecule has 3 aromatic carbocycles. The summed E-state index contributed by atoms with van der Waals surface area (Å²) >= 11 is 0. The van der Waals surface area contributed by atoms with Gasteiger partial charge in [0.15, 0.2) is 0 Å². The van der Waals surface area contributed by atoms with Crippen molar-refractivity contribution in [3.05, 3.63) is 77.9 Å². The summed E-state index contributed by atoms with van der Waals surface area (Å²) in [6.45, 7) is 0. The molecule has 4 rings (SSSR count). The van der Waals surface area contributed by atoms with Gasteiger partial charge in [-0.1, -0.05) is 35.5 Å². The number of anilines is 1. The first kappa shape index (κ1) is 15.9. The van der Waals surface area contributed by atoms with Gasteiger partial charge in [0.2, 0.25) is 0 Å². The van der Waals surface area contributed by atoms with Crippen LogP contribution in [0, 0.1) is 0 Å². The zero-order valence-electron chi connectivity index (χ0n) is 14.1. The Hall–Kier alpha value is -3.60. The number of hydrogen-bond acceptors (Lipinski definition) is 4. The number of hydrogen-bond donors (Lipinski definition) is 1. The van der Waals surface area contributed by atoms with Crippen molar-refractivity contribution in [3.8, 4) is 0 Å². The van der Waals surface area contributed by atoms with E-state index >= 15 is 0 Å². The van der Waals surface area contributed by atoms with Crippen LogP contribution in [0.4, 0.5) is 5.69 Å². The Kier molecular flexibility index (Phi) is 4.11. The van der Waals surface area contributed by atoms with Gasteiger partial charge in [-0.3, -0.25) is 4.79 Å². The fourth-order valence-corrected chi connectivity index (χ4v) is 2.84. The van der Waals surface area contributed by atoms with Crippen LogP contribution in [0.15, 0.2) is 76.3 Å². The average Bonchev–Trinajstić information content (AvgIpc) is 3.04. The standard InChI is InChI=1S/C21H16N2O3/c1-25-22-13-14-6-8-15(9-7-14)21(24)23-16-10-11-18-17-4-2-3-5-19(17)26-20(18)12-16/h2-13H,1H3,(H,23,24)/b22-13+. The minimum Gasteiger partial charge on any atom is -0.456 e. The highest BCUT2D eigenvalue weighted by Gasteiger charge is 2.10. The van der Waals surface area contributed by atoms with Crippen molar-refractivity contribution in [1.82, 2.24) is 0 Å². The van der Waals surface area contributed by atoms with Crippen molar-refractivity contribution in [1.29, 1.82) is 0 Å². The number of carbonyl (C=O) groups excluding carboxylic acids is 1. The molecule has 5 nitrogen and oxygen atoms in total. The van der Waals surface area contributed by atoms with E-state index in [-0.39, 0.29) is 5.91 Å². The SMILES string of the molecule is CO/N=C/c1ccc(C(=O)Nc2ccc3c(c2)oc2ccccc23)cc1. The molecule has 1 heterocycles. The lowest BCUT2D eigenvalue weighted by atomic mass is 10.1. The van der Waals surface area contributed by atoms with E-state index in [0.717, 1.165) is 27.5 Å². The summed E-state index contributed by atoms with van der Waals surface area (Å²) in [4.78, 5) is 17.1. The van der Waals surface area contributed by atoms with Gasteiger partial charge in [-0.2, -0.15) is 0 Å². The second-order valence-corrected chi connectivity index (χ2v) is 5.80. The van der Waals surface area contributed by atoms with Gasteiger partial charge in [-0.25, -0.2) is 0 Å². The highest BCUT2D eigenvalue weighted by Crippen LogP contribution is 2.30. The predicted molar refractivity (Wildman–Crippen MR) is 103 cm³/mol. The van der Waals surface area contributed by atoms with E-state index in [4.69, 9.17) is 4.42 Å². The molecule has 0 aliphatic heterocycles. The number of benzene rings is 3. The molecule has 4 aromatic rings. The maximum absolute atomic E-state index is 12.4. The number of amides is 1. The molecular weight excluding hydrogens is 328 g/mol. The number of para-hydroxylation sites is 1. The molecule has 1 amide bonds. The first-order valence-electron chi connectivity index (χ1n) is 8.14. The van der Waals surface area contributed by atoms with E-state index in [1.165, 1.54) is 7.11 Å². The van der Waals surface area contributed by atoms with Crippen LogP contribution >= 0.6 is 0 Å². The lowest BCUT2D eigenvalue weighted by Gasteiger charge is -2.05. The van der Waals surface area contributed by atoms with Gasteiger partial charge in [0.1, 0.15) is 18.3 Å². The van der Waals surface area contributed by atoms with Crippen LogP contribution in [-0.2, 0) is 4.84 Å². The van der Waals surface area contributed by atoms with Gasteiger partial charge in [-0.15, -0.1) is 0 Å². The van der Waals surface area contributed by atoms with E-state index in [1.54, 1.807) is 30.5 Å². The van der Waals surface area contributed by atoms with Crippen molar-refractivity contribution in [2.24, 2.45) is 5.16 Å². The number of nitrogens with zero attached hydrogens (tertiary/aromatic N) is 1. The maximum Gasteiger partial charge on any atom is 0.255 e. The Bertz CT molecular complexity index is 1110. The fraction of sp³-hybridized carbons (Fsp3) is 0.0476. The minimum atomic E-state index is -0.185. The van der Waals surface area contributed by atoms with E-state index < -0.39 is 0 Å². The summed E-state index contributed by atoms with van der Waals surface area (Å²) in [6, 6.07) is 20.6. The highest BCUT2D eigenvalue weighted by atomic mass is 16.6. The molecule has 5 heteroatoms. The van der Waals surface area contributed by atoms with Gasteiger partial charge >= 0.3 is 0 Å². The maximum atomic E-state index is 12.4.